The molecule has 1 fully saturated rings. The lowest BCUT2D eigenvalue weighted by atomic mass is 9.79. The van der Waals surface area contributed by atoms with Crippen molar-refractivity contribution in [3.8, 4) is 0 Å². The molecule has 3 heteroatoms. The number of hydrogen-bond acceptors (Lipinski definition) is 3. The summed E-state index contributed by atoms with van der Waals surface area (Å²) in [6.07, 6.45) is 1.47. The molecule has 0 spiro atoms. The van der Waals surface area contributed by atoms with Gasteiger partial charge >= 0.3 is 0 Å². The SMILES string of the molecule is CC1(C)CC(C(CCN)c2ccccc2)C(O)N1. The molecule has 0 saturated carbocycles. The second kappa shape index (κ2) is 5.39. The molecule has 1 aromatic carbocycles. The molecule has 0 radical (unpaired) electrons. The molecular formula is C15H24N2O. The van der Waals surface area contributed by atoms with Crippen LogP contribution in [0.3, 0.4) is 0 Å². The fraction of sp³-hybridized carbons (Fsp3) is 0.600. The summed E-state index contributed by atoms with van der Waals surface area (Å²) in [7, 11) is 0. The molecule has 1 aliphatic heterocycles. The van der Waals surface area contributed by atoms with Crippen LogP contribution in [0.1, 0.15) is 38.2 Å². The highest BCUT2D eigenvalue weighted by Gasteiger charge is 2.41. The van der Waals surface area contributed by atoms with E-state index in [1.54, 1.807) is 0 Å². The Labute approximate surface area is 109 Å². The summed E-state index contributed by atoms with van der Waals surface area (Å²) >= 11 is 0. The Balaban J connectivity index is 2.21. The predicted molar refractivity (Wildman–Crippen MR) is 74.2 cm³/mol. The maximum atomic E-state index is 10.2. The Morgan fingerprint density at radius 1 is 1.39 bits per heavy atom. The van der Waals surface area contributed by atoms with E-state index in [0.717, 1.165) is 12.8 Å². The molecule has 0 aromatic heterocycles. The zero-order chi connectivity index (χ0) is 13.2. The van der Waals surface area contributed by atoms with Crippen LogP contribution in [-0.4, -0.2) is 23.4 Å². The van der Waals surface area contributed by atoms with Gasteiger partial charge in [-0.2, -0.15) is 0 Å². The van der Waals surface area contributed by atoms with Gasteiger partial charge in [-0.05, 0) is 44.7 Å². The highest BCUT2D eigenvalue weighted by atomic mass is 16.3. The minimum atomic E-state index is -0.434. The maximum absolute atomic E-state index is 10.2. The van der Waals surface area contributed by atoms with Gasteiger partial charge in [0, 0.05) is 11.5 Å². The lowest BCUT2D eigenvalue weighted by Crippen LogP contribution is -2.38. The summed E-state index contributed by atoms with van der Waals surface area (Å²) in [5, 5.41) is 13.5. The van der Waals surface area contributed by atoms with Crippen molar-refractivity contribution in [3.05, 3.63) is 35.9 Å². The number of aliphatic hydroxyl groups excluding tert-OH is 1. The third-order valence-electron chi connectivity index (χ3n) is 3.91. The number of rotatable bonds is 4. The third-order valence-corrected chi connectivity index (χ3v) is 3.91. The van der Waals surface area contributed by atoms with Crippen molar-refractivity contribution in [2.24, 2.45) is 11.7 Å². The van der Waals surface area contributed by atoms with Gasteiger partial charge in [0.2, 0.25) is 0 Å². The van der Waals surface area contributed by atoms with Crippen LogP contribution in [0.5, 0.6) is 0 Å². The van der Waals surface area contributed by atoms with Crippen molar-refractivity contribution in [1.82, 2.24) is 5.32 Å². The highest BCUT2D eigenvalue weighted by Crippen LogP contribution is 2.39. The van der Waals surface area contributed by atoms with Crippen molar-refractivity contribution < 1.29 is 5.11 Å². The standard InChI is InChI=1S/C15H24N2O/c1-15(2)10-13(14(18)17-15)12(8-9-16)11-6-4-3-5-7-11/h3-7,12-14,17-18H,8-10,16H2,1-2H3. The second-order valence-electron chi connectivity index (χ2n) is 5.94. The molecular weight excluding hydrogens is 224 g/mol. The predicted octanol–water partition coefficient (Wildman–Crippen LogP) is 1.83. The number of aliphatic hydroxyl groups is 1. The molecule has 1 saturated heterocycles. The van der Waals surface area contributed by atoms with Crippen molar-refractivity contribution in [1.29, 1.82) is 0 Å². The Kier molecular flexibility index (Phi) is 4.05. The molecule has 18 heavy (non-hydrogen) atoms. The first-order chi connectivity index (χ1) is 8.53. The molecule has 2 rings (SSSR count). The average Bonchev–Trinajstić information content (AvgIpc) is 2.61. The van der Waals surface area contributed by atoms with E-state index in [0.29, 0.717) is 12.5 Å². The first-order valence-electron chi connectivity index (χ1n) is 6.74. The van der Waals surface area contributed by atoms with E-state index in [2.05, 4.69) is 43.4 Å². The summed E-state index contributed by atoms with van der Waals surface area (Å²) in [4.78, 5) is 0. The molecule has 0 amide bonds. The summed E-state index contributed by atoms with van der Waals surface area (Å²) < 4.78 is 0. The topological polar surface area (TPSA) is 58.3 Å². The van der Waals surface area contributed by atoms with Crippen LogP contribution in [0.15, 0.2) is 30.3 Å². The number of hydrogen-bond donors (Lipinski definition) is 3. The molecule has 1 aliphatic rings. The lowest BCUT2D eigenvalue weighted by molar-refractivity contribution is 0.0925. The summed E-state index contributed by atoms with van der Waals surface area (Å²) in [5.41, 5.74) is 7.03. The van der Waals surface area contributed by atoms with Crippen molar-refractivity contribution >= 4 is 0 Å². The fourth-order valence-electron chi connectivity index (χ4n) is 3.14. The average molecular weight is 248 g/mol. The maximum Gasteiger partial charge on any atom is 0.108 e. The summed E-state index contributed by atoms with van der Waals surface area (Å²) in [6, 6.07) is 10.4. The van der Waals surface area contributed by atoms with E-state index in [1.807, 2.05) is 6.07 Å². The van der Waals surface area contributed by atoms with Crippen LogP contribution in [0, 0.1) is 5.92 Å². The summed E-state index contributed by atoms with van der Waals surface area (Å²) in [6.45, 7) is 4.94. The molecule has 100 valence electrons. The van der Waals surface area contributed by atoms with Gasteiger partial charge in [0.25, 0.3) is 0 Å². The van der Waals surface area contributed by atoms with Gasteiger partial charge in [0.05, 0.1) is 0 Å². The Morgan fingerprint density at radius 3 is 2.56 bits per heavy atom. The van der Waals surface area contributed by atoms with Crippen LogP contribution in [-0.2, 0) is 0 Å². The molecule has 3 nitrogen and oxygen atoms in total. The largest absolute Gasteiger partial charge is 0.378 e. The van der Waals surface area contributed by atoms with Crippen LogP contribution in [0.2, 0.25) is 0 Å². The Morgan fingerprint density at radius 2 is 2.06 bits per heavy atom. The number of nitrogens with one attached hydrogen (secondary N) is 1. The smallest absolute Gasteiger partial charge is 0.108 e. The highest BCUT2D eigenvalue weighted by molar-refractivity contribution is 5.21. The first-order valence-corrected chi connectivity index (χ1v) is 6.74. The van der Waals surface area contributed by atoms with Gasteiger partial charge in [0.1, 0.15) is 6.23 Å². The van der Waals surface area contributed by atoms with Crippen molar-refractivity contribution in [3.63, 3.8) is 0 Å². The van der Waals surface area contributed by atoms with E-state index >= 15 is 0 Å². The first kappa shape index (κ1) is 13.5. The minimum Gasteiger partial charge on any atom is -0.378 e. The van der Waals surface area contributed by atoms with Gasteiger partial charge in [-0.25, -0.2) is 0 Å². The quantitative estimate of drug-likeness (QED) is 0.762. The Bertz CT molecular complexity index is 377. The molecule has 3 atom stereocenters. The second-order valence-corrected chi connectivity index (χ2v) is 5.94. The molecule has 0 bridgehead atoms. The molecule has 0 aliphatic carbocycles. The zero-order valence-corrected chi connectivity index (χ0v) is 11.3. The fourth-order valence-corrected chi connectivity index (χ4v) is 3.14. The van der Waals surface area contributed by atoms with E-state index in [9.17, 15) is 5.11 Å². The minimum absolute atomic E-state index is 0.00567. The molecule has 3 unspecified atom stereocenters. The van der Waals surface area contributed by atoms with Gasteiger partial charge < -0.3 is 10.8 Å². The van der Waals surface area contributed by atoms with Gasteiger partial charge in [-0.15, -0.1) is 0 Å². The van der Waals surface area contributed by atoms with Gasteiger partial charge in [0.15, 0.2) is 0 Å². The number of nitrogens with two attached hydrogens (primary N) is 1. The van der Waals surface area contributed by atoms with Crippen LogP contribution in [0.4, 0.5) is 0 Å². The zero-order valence-electron chi connectivity index (χ0n) is 11.3. The van der Waals surface area contributed by atoms with E-state index in [-0.39, 0.29) is 11.5 Å². The number of benzene rings is 1. The van der Waals surface area contributed by atoms with E-state index in [1.165, 1.54) is 5.56 Å². The normalized spacial score (nSPS) is 28.2. The van der Waals surface area contributed by atoms with Gasteiger partial charge in [-0.3, -0.25) is 5.32 Å². The van der Waals surface area contributed by atoms with Crippen LogP contribution < -0.4 is 11.1 Å². The third kappa shape index (κ3) is 2.91. The summed E-state index contributed by atoms with van der Waals surface area (Å²) in [5.74, 6) is 0.575. The van der Waals surface area contributed by atoms with E-state index in [4.69, 9.17) is 5.73 Å². The molecule has 4 N–H and O–H groups in total. The monoisotopic (exact) mass is 248 g/mol. The lowest BCUT2D eigenvalue weighted by Gasteiger charge is -2.26. The van der Waals surface area contributed by atoms with Crippen LogP contribution >= 0.6 is 0 Å². The van der Waals surface area contributed by atoms with Crippen molar-refractivity contribution in [2.75, 3.05) is 6.54 Å². The van der Waals surface area contributed by atoms with E-state index < -0.39 is 6.23 Å². The van der Waals surface area contributed by atoms with Gasteiger partial charge in [-0.1, -0.05) is 30.3 Å². The van der Waals surface area contributed by atoms with Crippen molar-refractivity contribution in [2.45, 2.75) is 44.4 Å². The Hall–Kier alpha value is -0.900. The molecule has 1 heterocycles. The molecule has 1 aromatic rings. The van der Waals surface area contributed by atoms with Crippen LogP contribution in [0.25, 0.3) is 0 Å².